The van der Waals surface area contributed by atoms with Crippen LogP contribution in [0.4, 0.5) is 4.79 Å². The number of carbonyl (C=O) groups excluding carboxylic acids is 4. The lowest BCUT2D eigenvalue weighted by atomic mass is 9.86. The first-order chi connectivity index (χ1) is 15.8. The topological polar surface area (TPSA) is 127 Å². The zero-order valence-corrected chi connectivity index (χ0v) is 19.5. The number of ether oxygens (including phenoxy) is 1. The number of Topliss-reactive ketones (excluding diaryl/α,β-unsaturated/α-hetero) is 2. The molecule has 176 valence electrons. The van der Waals surface area contributed by atoms with Gasteiger partial charge in [-0.15, -0.1) is 5.10 Å². The molecular formula is C23H28N4O5S. The summed E-state index contributed by atoms with van der Waals surface area (Å²) in [6, 6.07) is 8.37. The van der Waals surface area contributed by atoms with Crippen LogP contribution in [-0.4, -0.2) is 45.7 Å². The van der Waals surface area contributed by atoms with E-state index in [1.165, 1.54) is 11.5 Å². The molecule has 0 radical (unpaired) electrons. The van der Waals surface area contributed by atoms with Crippen molar-refractivity contribution < 1.29 is 23.9 Å². The minimum atomic E-state index is -0.837. The number of aromatic nitrogens is 2. The van der Waals surface area contributed by atoms with Crippen molar-refractivity contribution in [2.75, 3.05) is 6.54 Å². The molecule has 2 atom stereocenters. The lowest BCUT2D eigenvalue weighted by molar-refractivity contribution is -0.141. The molecule has 2 amide bonds. The minimum absolute atomic E-state index is 0.0803. The van der Waals surface area contributed by atoms with Gasteiger partial charge in [0.2, 0.25) is 5.78 Å². The van der Waals surface area contributed by atoms with Crippen LogP contribution in [0.25, 0.3) is 0 Å². The summed E-state index contributed by atoms with van der Waals surface area (Å²) in [5.74, 6) is -2.65. The molecule has 3 rings (SSSR count). The zero-order chi connectivity index (χ0) is 23.8. The Kier molecular flexibility index (Phi) is 8.65. The molecule has 0 saturated heterocycles. The van der Waals surface area contributed by atoms with Crippen molar-refractivity contribution in [2.24, 2.45) is 11.8 Å². The second-order valence-electron chi connectivity index (χ2n) is 8.35. The number of hydrogen-bond acceptors (Lipinski definition) is 8. The molecule has 1 aromatic heterocycles. The highest BCUT2D eigenvalue weighted by Crippen LogP contribution is 2.21. The normalized spacial score (nSPS) is 17.6. The van der Waals surface area contributed by atoms with Crippen LogP contribution in [-0.2, 0) is 38.6 Å². The lowest BCUT2D eigenvalue weighted by Gasteiger charge is -2.23. The molecule has 0 saturated carbocycles. The van der Waals surface area contributed by atoms with Gasteiger partial charge in [-0.05, 0) is 35.9 Å². The number of alkyl carbamates (subject to hydrolysis) is 1. The Morgan fingerprint density at radius 3 is 2.70 bits per heavy atom. The van der Waals surface area contributed by atoms with Crippen LogP contribution in [0.2, 0.25) is 0 Å². The number of hydrogen-bond donors (Lipinski definition) is 2. The molecule has 0 fully saturated rings. The number of nitrogens with zero attached hydrogens (tertiary/aromatic N) is 2. The first-order valence-electron chi connectivity index (χ1n) is 11.0. The molecular weight excluding hydrogens is 444 g/mol. The summed E-state index contributed by atoms with van der Waals surface area (Å²) in [6.45, 7) is 3.99. The van der Waals surface area contributed by atoms with Crippen LogP contribution >= 0.6 is 11.5 Å². The average molecular weight is 473 g/mol. The fourth-order valence-corrected chi connectivity index (χ4v) is 4.37. The molecule has 9 nitrogen and oxygen atoms in total. The molecule has 33 heavy (non-hydrogen) atoms. The predicted octanol–water partition coefficient (Wildman–Crippen LogP) is 2.24. The van der Waals surface area contributed by atoms with E-state index in [9.17, 15) is 19.2 Å². The third-order valence-electron chi connectivity index (χ3n) is 5.54. The van der Waals surface area contributed by atoms with Gasteiger partial charge in [0.05, 0.1) is 16.6 Å². The number of fused-ring (bicyclic) bond motifs is 1. The van der Waals surface area contributed by atoms with Gasteiger partial charge >= 0.3 is 6.09 Å². The van der Waals surface area contributed by atoms with Crippen molar-refractivity contribution in [2.45, 2.75) is 52.2 Å². The van der Waals surface area contributed by atoms with E-state index in [0.717, 1.165) is 16.1 Å². The van der Waals surface area contributed by atoms with E-state index < -0.39 is 29.7 Å². The van der Waals surface area contributed by atoms with E-state index in [4.69, 9.17) is 4.74 Å². The van der Waals surface area contributed by atoms with Crippen molar-refractivity contribution in [1.29, 1.82) is 0 Å². The van der Waals surface area contributed by atoms with E-state index >= 15 is 0 Å². The van der Waals surface area contributed by atoms with Gasteiger partial charge in [0.15, 0.2) is 5.78 Å². The van der Waals surface area contributed by atoms with Crippen LogP contribution in [0.15, 0.2) is 30.3 Å². The Balaban J connectivity index is 1.64. The maximum absolute atomic E-state index is 13.1. The highest BCUT2D eigenvalue weighted by atomic mass is 32.1. The summed E-state index contributed by atoms with van der Waals surface area (Å²) < 4.78 is 9.20. The van der Waals surface area contributed by atoms with Crippen LogP contribution in [0.5, 0.6) is 0 Å². The summed E-state index contributed by atoms with van der Waals surface area (Å²) in [5, 5.41) is 9.36. The van der Waals surface area contributed by atoms with E-state index in [1.54, 1.807) is 13.8 Å². The van der Waals surface area contributed by atoms with Crippen molar-refractivity contribution in [3.63, 3.8) is 0 Å². The minimum Gasteiger partial charge on any atom is -0.445 e. The number of aryl methyl sites for hydroxylation is 1. The van der Waals surface area contributed by atoms with Crippen LogP contribution in [0.1, 0.15) is 42.8 Å². The Morgan fingerprint density at radius 1 is 1.21 bits per heavy atom. The standard InChI is InChI=1S/C23H28N4O5S/c1-14(2)20(25-23(31)32-13-15-6-4-3-5-7-15)18(28)12-16-8-9-17-19(33-27-26-17)10-11-24-22(30)21(16)29/h3-7,14,16,20H,8-13H2,1-2H3,(H,24,30)(H,25,31). The highest BCUT2D eigenvalue weighted by Gasteiger charge is 2.33. The summed E-state index contributed by atoms with van der Waals surface area (Å²) in [6.07, 6.45) is 0.474. The molecule has 0 spiro atoms. The predicted molar refractivity (Wildman–Crippen MR) is 121 cm³/mol. The molecule has 2 aromatic rings. The molecule has 10 heteroatoms. The number of rotatable bonds is 7. The van der Waals surface area contributed by atoms with Crippen molar-refractivity contribution in [3.8, 4) is 0 Å². The summed E-state index contributed by atoms with van der Waals surface area (Å²) in [5.41, 5.74) is 1.62. The molecule has 1 aliphatic heterocycles. The number of amides is 2. The SMILES string of the molecule is CC(C)C(NC(=O)OCc1ccccc1)C(=O)CC1CCc2nnsc2CCNC(=O)C1=O. The number of nitrogens with one attached hydrogen (secondary N) is 2. The van der Waals surface area contributed by atoms with Gasteiger partial charge in [0, 0.05) is 25.3 Å². The lowest BCUT2D eigenvalue weighted by Crippen LogP contribution is -2.46. The maximum Gasteiger partial charge on any atom is 0.408 e. The fraction of sp³-hybridized carbons (Fsp3) is 0.478. The first kappa shape index (κ1) is 24.5. The molecule has 2 heterocycles. The molecule has 1 aliphatic rings. The van der Waals surface area contributed by atoms with E-state index in [1.807, 2.05) is 30.3 Å². The zero-order valence-electron chi connectivity index (χ0n) is 18.7. The molecule has 0 aliphatic carbocycles. The third kappa shape index (κ3) is 6.92. The van der Waals surface area contributed by atoms with Crippen LogP contribution in [0, 0.1) is 11.8 Å². The Bertz CT molecular complexity index is 992. The summed E-state index contributed by atoms with van der Waals surface area (Å²) in [7, 11) is 0. The van der Waals surface area contributed by atoms with E-state index in [0.29, 0.717) is 25.8 Å². The molecule has 0 bridgehead atoms. The largest absolute Gasteiger partial charge is 0.445 e. The van der Waals surface area contributed by atoms with Gasteiger partial charge in [-0.2, -0.15) is 0 Å². The first-order valence-corrected chi connectivity index (χ1v) is 11.7. The summed E-state index contributed by atoms with van der Waals surface area (Å²) in [4.78, 5) is 51.4. The van der Waals surface area contributed by atoms with Gasteiger partial charge in [0.25, 0.3) is 5.91 Å². The maximum atomic E-state index is 13.1. The van der Waals surface area contributed by atoms with E-state index in [-0.39, 0.29) is 24.7 Å². The van der Waals surface area contributed by atoms with Gasteiger partial charge in [-0.25, -0.2) is 4.79 Å². The number of carbonyl (C=O) groups is 4. The van der Waals surface area contributed by atoms with Gasteiger partial charge in [-0.3, -0.25) is 14.4 Å². The number of benzene rings is 1. The van der Waals surface area contributed by atoms with Gasteiger partial charge in [0.1, 0.15) is 6.61 Å². The second kappa shape index (κ2) is 11.6. The van der Waals surface area contributed by atoms with E-state index in [2.05, 4.69) is 20.2 Å². The highest BCUT2D eigenvalue weighted by molar-refractivity contribution is 7.05. The molecule has 2 N–H and O–H groups in total. The Morgan fingerprint density at radius 2 is 1.97 bits per heavy atom. The Labute approximate surface area is 196 Å². The summed E-state index contributed by atoms with van der Waals surface area (Å²) >= 11 is 1.27. The average Bonchev–Trinajstić information content (AvgIpc) is 3.25. The molecule has 2 unspecified atom stereocenters. The van der Waals surface area contributed by atoms with Crippen LogP contribution in [0.3, 0.4) is 0 Å². The quantitative estimate of drug-likeness (QED) is 0.592. The fourth-order valence-electron chi connectivity index (χ4n) is 3.69. The van der Waals surface area contributed by atoms with Crippen molar-refractivity contribution >= 4 is 35.1 Å². The third-order valence-corrected chi connectivity index (χ3v) is 6.37. The van der Waals surface area contributed by atoms with Crippen molar-refractivity contribution in [3.05, 3.63) is 46.5 Å². The monoisotopic (exact) mass is 472 g/mol. The smallest absolute Gasteiger partial charge is 0.408 e. The Hall–Kier alpha value is -3.14. The van der Waals surface area contributed by atoms with Gasteiger partial charge < -0.3 is 15.4 Å². The molecule has 1 aromatic carbocycles. The van der Waals surface area contributed by atoms with Gasteiger partial charge in [-0.1, -0.05) is 48.7 Å². The van der Waals surface area contributed by atoms with Crippen molar-refractivity contribution in [1.82, 2.24) is 20.2 Å². The number of ketones is 2. The second-order valence-corrected chi connectivity index (χ2v) is 9.19. The van der Waals surface area contributed by atoms with Crippen LogP contribution < -0.4 is 10.6 Å².